The molecule has 0 fully saturated rings. The van der Waals surface area contributed by atoms with Gasteiger partial charge in [-0.05, 0) is 30.3 Å². The molecule has 0 aliphatic rings. The van der Waals surface area contributed by atoms with Gasteiger partial charge in [0.25, 0.3) is 5.91 Å². The number of carbonyl (C=O) groups excluding carboxylic acids is 1. The minimum absolute atomic E-state index is 0.0885. The van der Waals surface area contributed by atoms with E-state index in [4.69, 9.17) is 9.47 Å². The second kappa shape index (κ2) is 8.36. The molecule has 6 nitrogen and oxygen atoms in total. The lowest BCUT2D eigenvalue weighted by Crippen LogP contribution is -2.13. The molecule has 9 heteroatoms. The van der Waals surface area contributed by atoms with E-state index in [0.29, 0.717) is 21.1 Å². The van der Waals surface area contributed by atoms with Crippen molar-refractivity contribution in [3.8, 4) is 11.5 Å². The average Bonchev–Trinajstić information content (AvgIpc) is 3.12. The summed E-state index contributed by atoms with van der Waals surface area (Å²) in [7, 11) is 3.11. The van der Waals surface area contributed by atoms with Gasteiger partial charge in [0.1, 0.15) is 11.5 Å². The van der Waals surface area contributed by atoms with Crippen LogP contribution < -0.4 is 20.1 Å². The van der Waals surface area contributed by atoms with Gasteiger partial charge < -0.3 is 20.1 Å². The number of carbonyl (C=O) groups is 1. The first-order chi connectivity index (χ1) is 13.0. The molecule has 0 aliphatic carbocycles. The maximum absolute atomic E-state index is 13.9. The van der Waals surface area contributed by atoms with Gasteiger partial charge in [-0.15, -0.1) is 11.3 Å². The van der Waals surface area contributed by atoms with Crippen molar-refractivity contribution in [2.75, 3.05) is 24.9 Å². The largest absolute Gasteiger partial charge is 0.493 e. The monoisotopic (exact) mass is 451 g/mol. The molecule has 140 valence electrons. The van der Waals surface area contributed by atoms with Crippen LogP contribution in [0.5, 0.6) is 11.5 Å². The highest BCUT2D eigenvalue weighted by Gasteiger charge is 2.14. The predicted molar refractivity (Wildman–Crippen MR) is 107 cm³/mol. The highest BCUT2D eigenvalue weighted by molar-refractivity contribution is 9.10. The third-order valence-electron chi connectivity index (χ3n) is 3.55. The Morgan fingerprint density at radius 1 is 1.15 bits per heavy atom. The molecular formula is C18H15BrFN3O3S. The van der Waals surface area contributed by atoms with E-state index in [9.17, 15) is 9.18 Å². The number of nitrogens with one attached hydrogen (secondary N) is 2. The standard InChI is InChI=1S/C18H15BrFN3O3S/c1-25-15-6-4-11(8-16(15)26-2)21-18-23-14(9-27-18)17(24)22-13-5-3-10(19)7-12(13)20/h3-9H,1-2H3,(H,21,23)(H,22,24). The van der Waals surface area contributed by atoms with E-state index in [2.05, 4.69) is 31.5 Å². The van der Waals surface area contributed by atoms with Gasteiger partial charge in [-0.3, -0.25) is 4.79 Å². The normalized spacial score (nSPS) is 10.4. The number of methoxy groups -OCH3 is 2. The van der Waals surface area contributed by atoms with Crippen LogP contribution in [0.15, 0.2) is 46.3 Å². The number of hydrogen-bond donors (Lipinski definition) is 2. The SMILES string of the molecule is COc1ccc(Nc2nc(C(=O)Nc3ccc(Br)cc3F)cs2)cc1OC. The van der Waals surface area contributed by atoms with Crippen LogP contribution in [0.1, 0.15) is 10.5 Å². The third-order valence-corrected chi connectivity index (χ3v) is 4.80. The molecule has 0 aliphatic heterocycles. The van der Waals surface area contributed by atoms with Gasteiger partial charge >= 0.3 is 0 Å². The first-order valence-electron chi connectivity index (χ1n) is 7.71. The molecule has 0 saturated carbocycles. The van der Waals surface area contributed by atoms with Crippen molar-refractivity contribution >= 4 is 49.7 Å². The van der Waals surface area contributed by atoms with Crippen LogP contribution in [0.25, 0.3) is 0 Å². The van der Waals surface area contributed by atoms with Crippen LogP contribution in [0.4, 0.5) is 20.9 Å². The van der Waals surface area contributed by atoms with E-state index < -0.39 is 11.7 Å². The second-order valence-corrected chi connectivity index (χ2v) is 7.08. The molecule has 1 heterocycles. The topological polar surface area (TPSA) is 72.5 Å². The van der Waals surface area contributed by atoms with Crippen molar-refractivity contribution in [2.45, 2.75) is 0 Å². The van der Waals surface area contributed by atoms with E-state index in [0.717, 1.165) is 5.69 Å². The zero-order valence-electron chi connectivity index (χ0n) is 14.4. The summed E-state index contributed by atoms with van der Waals surface area (Å²) in [4.78, 5) is 16.5. The number of halogens is 2. The first kappa shape index (κ1) is 19.1. The van der Waals surface area contributed by atoms with E-state index in [1.54, 1.807) is 43.9 Å². The minimum Gasteiger partial charge on any atom is -0.493 e. The predicted octanol–water partition coefficient (Wildman–Crippen LogP) is 5.06. The molecule has 2 aromatic carbocycles. The molecule has 0 unspecified atom stereocenters. The molecule has 0 bridgehead atoms. The van der Waals surface area contributed by atoms with Crippen molar-refractivity contribution in [2.24, 2.45) is 0 Å². The fourth-order valence-corrected chi connectivity index (χ4v) is 3.29. The van der Waals surface area contributed by atoms with Crippen LogP contribution in [-0.2, 0) is 0 Å². The molecule has 1 amide bonds. The number of nitrogens with zero attached hydrogens (tertiary/aromatic N) is 1. The fraction of sp³-hybridized carbons (Fsp3) is 0.111. The molecule has 27 heavy (non-hydrogen) atoms. The van der Waals surface area contributed by atoms with Crippen LogP contribution in [0, 0.1) is 5.82 Å². The maximum Gasteiger partial charge on any atom is 0.275 e. The van der Waals surface area contributed by atoms with Crippen LogP contribution >= 0.6 is 27.3 Å². The third kappa shape index (κ3) is 4.55. The smallest absolute Gasteiger partial charge is 0.275 e. The van der Waals surface area contributed by atoms with Gasteiger partial charge in [0.15, 0.2) is 16.6 Å². The Labute approximate surface area is 167 Å². The van der Waals surface area contributed by atoms with E-state index in [-0.39, 0.29) is 11.4 Å². The summed E-state index contributed by atoms with van der Waals surface area (Å²) >= 11 is 4.43. The van der Waals surface area contributed by atoms with Crippen LogP contribution in [0.3, 0.4) is 0 Å². The van der Waals surface area contributed by atoms with Gasteiger partial charge in [-0.2, -0.15) is 0 Å². The Hall–Kier alpha value is -2.65. The van der Waals surface area contributed by atoms with Crippen LogP contribution in [-0.4, -0.2) is 25.1 Å². The Morgan fingerprint density at radius 3 is 2.63 bits per heavy atom. The number of anilines is 3. The van der Waals surface area contributed by atoms with Crippen molar-refractivity contribution in [1.29, 1.82) is 0 Å². The molecule has 3 rings (SSSR count). The quantitative estimate of drug-likeness (QED) is 0.547. The Morgan fingerprint density at radius 2 is 1.93 bits per heavy atom. The molecule has 3 aromatic rings. The zero-order chi connectivity index (χ0) is 19.4. The van der Waals surface area contributed by atoms with Gasteiger partial charge in [0.2, 0.25) is 0 Å². The molecule has 2 N–H and O–H groups in total. The summed E-state index contributed by atoms with van der Waals surface area (Å²) in [5.74, 6) is 0.158. The summed E-state index contributed by atoms with van der Waals surface area (Å²) < 4.78 is 24.9. The Balaban J connectivity index is 1.71. The van der Waals surface area contributed by atoms with E-state index >= 15 is 0 Å². The summed E-state index contributed by atoms with van der Waals surface area (Å²) in [6, 6.07) is 9.73. The number of benzene rings is 2. The Bertz CT molecular complexity index is 980. The number of amides is 1. The number of rotatable bonds is 6. The lowest BCUT2D eigenvalue weighted by Gasteiger charge is -2.09. The highest BCUT2D eigenvalue weighted by atomic mass is 79.9. The zero-order valence-corrected chi connectivity index (χ0v) is 16.8. The maximum atomic E-state index is 13.9. The van der Waals surface area contributed by atoms with Crippen molar-refractivity contribution in [3.63, 3.8) is 0 Å². The molecule has 0 spiro atoms. The molecule has 0 atom stereocenters. The average molecular weight is 452 g/mol. The molecule has 0 saturated heterocycles. The van der Waals surface area contributed by atoms with Crippen molar-refractivity contribution in [3.05, 3.63) is 57.8 Å². The van der Waals surface area contributed by atoms with Crippen molar-refractivity contribution < 1.29 is 18.7 Å². The summed E-state index contributed by atoms with van der Waals surface area (Å²) in [5, 5.41) is 7.72. The van der Waals surface area contributed by atoms with Gasteiger partial charge in [-0.25, -0.2) is 9.37 Å². The van der Waals surface area contributed by atoms with E-state index in [1.807, 2.05) is 0 Å². The lowest BCUT2D eigenvalue weighted by molar-refractivity contribution is 0.102. The number of hydrogen-bond acceptors (Lipinski definition) is 6. The summed E-state index contributed by atoms with van der Waals surface area (Å²) in [5.41, 5.74) is 1.00. The van der Waals surface area contributed by atoms with Gasteiger partial charge in [0.05, 0.1) is 19.9 Å². The molecule has 0 radical (unpaired) electrons. The van der Waals surface area contributed by atoms with Crippen LogP contribution in [0.2, 0.25) is 0 Å². The first-order valence-corrected chi connectivity index (χ1v) is 9.38. The number of aromatic nitrogens is 1. The Kier molecular flexibility index (Phi) is 5.92. The summed E-state index contributed by atoms with van der Waals surface area (Å²) in [6.07, 6.45) is 0. The van der Waals surface area contributed by atoms with Gasteiger partial charge in [0, 0.05) is 21.6 Å². The number of ether oxygens (including phenoxy) is 2. The molecule has 1 aromatic heterocycles. The van der Waals surface area contributed by atoms with E-state index in [1.165, 1.54) is 23.5 Å². The highest BCUT2D eigenvalue weighted by Crippen LogP contribution is 2.31. The second-order valence-electron chi connectivity index (χ2n) is 5.31. The summed E-state index contributed by atoms with van der Waals surface area (Å²) in [6.45, 7) is 0. The fourth-order valence-electron chi connectivity index (χ4n) is 2.25. The lowest BCUT2D eigenvalue weighted by atomic mass is 10.3. The van der Waals surface area contributed by atoms with Gasteiger partial charge in [-0.1, -0.05) is 15.9 Å². The van der Waals surface area contributed by atoms with Crippen molar-refractivity contribution in [1.82, 2.24) is 4.98 Å². The minimum atomic E-state index is -0.531. The molecular weight excluding hydrogens is 437 g/mol. The number of thiazole rings is 1.